The van der Waals surface area contributed by atoms with Crippen LogP contribution in [-0.2, 0) is 9.59 Å². The summed E-state index contributed by atoms with van der Waals surface area (Å²) < 4.78 is 0. The Morgan fingerprint density at radius 2 is 2.25 bits per heavy atom. The second kappa shape index (κ2) is 4.09. The van der Waals surface area contributed by atoms with Crippen LogP contribution in [0.15, 0.2) is 11.2 Å². The summed E-state index contributed by atoms with van der Waals surface area (Å²) in [6, 6.07) is 1.64. The molecule has 1 aromatic rings. The molecule has 1 unspecified atom stereocenters. The van der Waals surface area contributed by atoms with Crippen LogP contribution in [-0.4, -0.2) is 27.0 Å². The zero-order valence-corrected chi connectivity index (χ0v) is 9.37. The Balaban J connectivity index is 2.15. The molecule has 84 valence electrons. The highest BCUT2D eigenvalue weighted by Crippen LogP contribution is 2.25. The first kappa shape index (κ1) is 10.9. The fourth-order valence-corrected chi connectivity index (χ4v) is 2.38. The van der Waals surface area contributed by atoms with Gasteiger partial charge in [0.15, 0.2) is 5.16 Å². The van der Waals surface area contributed by atoms with Crippen molar-refractivity contribution in [2.45, 2.75) is 23.8 Å². The van der Waals surface area contributed by atoms with Crippen molar-refractivity contribution in [1.29, 1.82) is 0 Å². The molecule has 0 radical (unpaired) electrons. The van der Waals surface area contributed by atoms with E-state index in [1.807, 2.05) is 0 Å². The second-order valence-corrected chi connectivity index (χ2v) is 4.61. The third-order valence-electron chi connectivity index (χ3n) is 2.03. The van der Waals surface area contributed by atoms with Crippen molar-refractivity contribution < 1.29 is 9.59 Å². The van der Waals surface area contributed by atoms with E-state index in [0.717, 1.165) is 17.5 Å². The van der Waals surface area contributed by atoms with Crippen LogP contribution in [0.4, 0.5) is 5.82 Å². The molecule has 1 saturated heterocycles. The molecule has 0 bridgehead atoms. The number of rotatable bonds is 2. The zero-order chi connectivity index (χ0) is 11.7. The van der Waals surface area contributed by atoms with E-state index in [1.54, 1.807) is 13.0 Å². The molecule has 2 rings (SSSR count). The molecular weight excluding hydrogens is 228 g/mol. The molecule has 2 amide bonds. The van der Waals surface area contributed by atoms with Crippen molar-refractivity contribution >= 4 is 29.4 Å². The van der Waals surface area contributed by atoms with Crippen LogP contribution in [0.5, 0.6) is 0 Å². The average molecular weight is 238 g/mol. The first-order chi connectivity index (χ1) is 7.54. The molecule has 1 fully saturated rings. The van der Waals surface area contributed by atoms with E-state index in [2.05, 4.69) is 15.3 Å². The molecule has 0 saturated carbocycles. The molecule has 0 aliphatic carbocycles. The van der Waals surface area contributed by atoms with Crippen LogP contribution in [0.3, 0.4) is 0 Å². The SMILES string of the molecule is Cc1cc(N)nc(SC2CC(=O)NC2=O)n1. The molecule has 1 aliphatic rings. The lowest BCUT2D eigenvalue weighted by atomic mass is 10.4. The standard InChI is InChI=1S/C9H10N4O2S/c1-4-2-6(10)12-9(11-4)16-5-3-7(14)13-8(5)15/h2,5H,3H2,1H3,(H2,10,11,12)(H,13,14,15). The van der Waals surface area contributed by atoms with E-state index < -0.39 is 5.25 Å². The van der Waals surface area contributed by atoms with Gasteiger partial charge in [0.2, 0.25) is 11.8 Å². The monoisotopic (exact) mass is 238 g/mol. The van der Waals surface area contributed by atoms with E-state index in [4.69, 9.17) is 5.73 Å². The van der Waals surface area contributed by atoms with Gasteiger partial charge in [-0.25, -0.2) is 9.97 Å². The Bertz CT molecular complexity index is 443. The van der Waals surface area contributed by atoms with E-state index in [-0.39, 0.29) is 18.2 Å². The van der Waals surface area contributed by atoms with Crippen molar-refractivity contribution in [2.24, 2.45) is 0 Å². The lowest BCUT2D eigenvalue weighted by molar-refractivity contribution is -0.124. The van der Waals surface area contributed by atoms with Crippen molar-refractivity contribution in [3.05, 3.63) is 11.8 Å². The fourth-order valence-electron chi connectivity index (χ4n) is 1.37. The van der Waals surface area contributed by atoms with Crippen molar-refractivity contribution in [3.63, 3.8) is 0 Å². The fraction of sp³-hybridized carbons (Fsp3) is 0.333. The van der Waals surface area contributed by atoms with Crippen LogP contribution in [0, 0.1) is 6.92 Å². The van der Waals surface area contributed by atoms with E-state index in [1.165, 1.54) is 0 Å². The van der Waals surface area contributed by atoms with E-state index in [0.29, 0.717) is 11.0 Å². The summed E-state index contributed by atoms with van der Waals surface area (Å²) in [5.41, 5.74) is 6.30. The number of aryl methyl sites for hydroxylation is 1. The van der Waals surface area contributed by atoms with Gasteiger partial charge in [0, 0.05) is 18.2 Å². The third kappa shape index (κ3) is 2.30. The summed E-state index contributed by atoms with van der Waals surface area (Å²) in [6.45, 7) is 1.79. The number of aromatic nitrogens is 2. The van der Waals surface area contributed by atoms with Crippen LogP contribution in [0.1, 0.15) is 12.1 Å². The van der Waals surface area contributed by atoms with Crippen LogP contribution >= 0.6 is 11.8 Å². The molecule has 6 nitrogen and oxygen atoms in total. The number of nitrogens with zero attached hydrogens (tertiary/aromatic N) is 2. The second-order valence-electron chi connectivity index (χ2n) is 3.44. The number of anilines is 1. The molecule has 3 N–H and O–H groups in total. The largest absolute Gasteiger partial charge is 0.384 e. The summed E-state index contributed by atoms with van der Waals surface area (Å²) in [7, 11) is 0. The lowest BCUT2D eigenvalue weighted by Crippen LogP contribution is -2.23. The highest BCUT2D eigenvalue weighted by atomic mass is 32.2. The molecule has 0 spiro atoms. The van der Waals surface area contributed by atoms with Crippen molar-refractivity contribution in [3.8, 4) is 0 Å². The zero-order valence-electron chi connectivity index (χ0n) is 8.56. The Kier molecular flexibility index (Phi) is 2.78. The van der Waals surface area contributed by atoms with Crippen LogP contribution in [0.25, 0.3) is 0 Å². The number of amides is 2. The summed E-state index contributed by atoms with van der Waals surface area (Å²) in [5.74, 6) is -0.193. The number of hydrogen-bond donors (Lipinski definition) is 2. The Morgan fingerprint density at radius 1 is 1.50 bits per heavy atom. The predicted octanol–water partition coefficient (Wildman–Crippen LogP) is -0.126. The summed E-state index contributed by atoms with van der Waals surface area (Å²) in [4.78, 5) is 30.4. The molecule has 0 aromatic carbocycles. The Hall–Kier alpha value is -1.63. The van der Waals surface area contributed by atoms with Gasteiger partial charge in [0.05, 0.1) is 0 Å². The molecule has 7 heteroatoms. The molecule has 1 aliphatic heterocycles. The van der Waals surface area contributed by atoms with Crippen LogP contribution < -0.4 is 11.1 Å². The maximum Gasteiger partial charge on any atom is 0.240 e. The minimum absolute atomic E-state index is 0.167. The molecule has 2 heterocycles. The Labute approximate surface area is 96.0 Å². The smallest absolute Gasteiger partial charge is 0.240 e. The molecule has 1 aromatic heterocycles. The van der Waals surface area contributed by atoms with Gasteiger partial charge in [-0.2, -0.15) is 0 Å². The van der Waals surface area contributed by atoms with Gasteiger partial charge in [-0.05, 0) is 6.92 Å². The highest BCUT2D eigenvalue weighted by Gasteiger charge is 2.32. The van der Waals surface area contributed by atoms with E-state index >= 15 is 0 Å². The molecular formula is C9H10N4O2S. The summed E-state index contributed by atoms with van der Waals surface area (Å²) in [6.07, 6.45) is 0.167. The van der Waals surface area contributed by atoms with Gasteiger partial charge in [0.1, 0.15) is 11.1 Å². The van der Waals surface area contributed by atoms with Gasteiger partial charge in [0.25, 0.3) is 0 Å². The van der Waals surface area contributed by atoms with Gasteiger partial charge in [-0.3, -0.25) is 14.9 Å². The number of carbonyl (C=O) groups excluding carboxylic acids is 2. The first-order valence-corrected chi connectivity index (χ1v) is 5.54. The van der Waals surface area contributed by atoms with Gasteiger partial charge in [-0.15, -0.1) is 0 Å². The normalized spacial score (nSPS) is 19.9. The van der Waals surface area contributed by atoms with E-state index in [9.17, 15) is 9.59 Å². The minimum atomic E-state index is -0.450. The number of nitrogens with two attached hydrogens (primary N) is 1. The number of nitrogens with one attached hydrogen (secondary N) is 1. The maximum absolute atomic E-state index is 11.3. The number of thioether (sulfide) groups is 1. The van der Waals surface area contributed by atoms with Gasteiger partial charge in [-0.1, -0.05) is 11.8 Å². The Morgan fingerprint density at radius 3 is 2.81 bits per heavy atom. The third-order valence-corrected chi connectivity index (χ3v) is 3.09. The lowest BCUT2D eigenvalue weighted by Gasteiger charge is -2.05. The molecule has 1 atom stereocenters. The summed E-state index contributed by atoms with van der Waals surface area (Å²) in [5, 5.41) is 2.20. The number of hydrogen-bond acceptors (Lipinski definition) is 6. The topological polar surface area (TPSA) is 98.0 Å². The van der Waals surface area contributed by atoms with Crippen molar-refractivity contribution in [2.75, 3.05) is 5.73 Å². The predicted molar refractivity (Wildman–Crippen MR) is 58.6 cm³/mol. The van der Waals surface area contributed by atoms with Gasteiger partial charge < -0.3 is 5.73 Å². The average Bonchev–Trinajstić information content (AvgIpc) is 2.43. The number of imide groups is 1. The maximum atomic E-state index is 11.3. The summed E-state index contributed by atoms with van der Waals surface area (Å²) >= 11 is 1.16. The van der Waals surface area contributed by atoms with Gasteiger partial charge >= 0.3 is 0 Å². The highest BCUT2D eigenvalue weighted by molar-refractivity contribution is 8.00. The first-order valence-electron chi connectivity index (χ1n) is 4.66. The quantitative estimate of drug-likeness (QED) is 0.550. The minimum Gasteiger partial charge on any atom is -0.384 e. The number of nitrogen functional groups attached to an aromatic ring is 1. The number of carbonyl (C=O) groups is 2. The van der Waals surface area contributed by atoms with Crippen molar-refractivity contribution in [1.82, 2.24) is 15.3 Å². The van der Waals surface area contributed by atoms with Crippen LogP contribution in [0.2, 0.25) is 0 Å². The molecule has 16 heavy (non-hydrogen) atoms.